The molecule has 22 heavy (non-hydrogen) atoms. The molecule has 1 unspecified atom stereocenters. The van der Waals surface area contributed by atoms with Gasteiger partial charge in [0.25, 0.3) is 0 Å². The predicted octanol–water partition coefficient (Wildman–Crippen LogP) is 4.60. The highest BCUT2D eigenvalue weighted by molar-refractivity contribution is 8.00. The van der Waals surface area contributed by atoms with Crippen molar-refractivity contribution in [3.8, 4) is 0 Å². The summed E-state index contributed by atoms with van der Waals surface area (Å²) in [6.07, 6.45) is 2.17. The first-order chi connectivity index (χ1) is 10.5. The molecule has 1 aromatic carbocycles. The van der Waals surface area contributed by atoms with Gasteiger partial charge in [0.15, 0.2) is 0 Å². The van der Waals surface area contributed by atoms with E-state index in [0.717, 1.165) is 10.7 Å². The van der Waals surface area contributed by atoms with Crippen LogP contribution in [0.25, 0.3) is 0 Å². The first-order valence-electron chi connectivity index (χ1n) is 6.70. The molecule has 0 aliphatic heterocycles. The molecule has 0 bridgehead atoms. The molecule has 0 spiro atoms. The number of hydrogen-bond acceptors (Lipinski definition) is 4. The fourth-order valence-corrected chi connectivity index (χ4v) is 3.31. The Bertz CT molecular complexity index is 661. The van der Waals surface area contributed by atoms with Gasteiger partial charge in [0, 0.05) is 21.4 Å². The third-order valence-corrected chi connectivity index (χ3v) is 4.57. The first kappa shape index (κ1) is 17.1. The molecule has 2 aromatic rings. The first-order valence-corrected chi connectivity index (χ1v) is 8.33. The van der Waals surface area contributed by atoms with E-state index in [0.29, 0.717) is 22.2 Å². The number of rotatable bonds is 5. The maximum atomic E-state index is 12.4. The van der Waals surface area contributed by atoms with E-state index < -0.39 is 0 Å². The summed E-state index contributed by atoms with van der Waals surface area (Å²) in [6.45, 7) is 3.84. The van der Waals surface area contributed by atoms with Crippen LogP contribution >= 0.6 is 35.0 Å². The lowest BCUT2D eigenvalue weighted by Crippen LogP contribution is -2.24. The molecular formula is C15H15Cl2N3OS. The number of carbonyl (C=O) groups excluding carboxylic acids is 1. The summed E-state index contributed by atoms with van der Waals surface area (Å²) in [5.41, 5.74) is 1.45. The van der Waals surface area contributed by atoms with Gasteiger partial charge in [-0.1, -0.05) is 41.9 Å². The summed E-state index contributed by atoms with van der Waals surface area (Å²) < 4.78 is 0. The van der Waals surface area contributed by atoms with Gasteiger partial charge in [0.1, 0.15) is 11.4 Å². The highest BCUT2D eigenvalue weighted by Crippen LogP contribution is 2.27. The normalized spacial score (nSPS) is 12.0. The molecule has 0 saturated heterocycles. The van der Waals surface area contributed by atoms with E-state index in [9.17, 15) is 4.79 Å². The van der Waals surface area contributed by atoms with Crippen LogP contribution in [0, 0.1) is 6.92 Å². The number of aryl methyl sites for hydroxylation is 1. The molecule has 0 aliphatic rings. The van der Waals surface area contributed by atoms with Gasteiger partial charge in [0.05, 0.1) is 5.25 Å². The Balaban J connectivity index is 2.08. The van der Waals surface area contributed by atoms with E-state index >= 15 is 0 Å². The second-order valence-corrected chi connectivity index (χ2v) is 6.76. The molecule has 1 heterocycles. The van der Waals surface area contributed by atoms with Crippen molar-refractivity contribution in [3.05, 3.63) is 46.3 Å². The van der Waals surface area contributed by atoms with Gasteiger partial charge < -0.3 is 5.32 Å². The number of carbonyl (C=O) groups is 1. The Morgan fingerprint density at radius 1 is 1.23 bits per heavy atom. The van der Waals surface area contributed by atoms with Gasteiger partial charge in [-0.3, -0.25) is 4.79 Å². The molecule has 1 atom stereocenters. The number of nitrogens with zero attached hydrogens (tertiary/aromatic N) is 2. The van der Waals surface area contributed by atoms with Crippen molar-refractivity contribution >= 4 is 46.6 Å². The summed E-state index contributed by atoms with van der Waals surface area (Å²) in [5.74, 6) is -0.109. The second kappa shape index (κ2) is 7.81. The lowest BCUT2D eigenvalue weighted by atomic mass is 10.2. The molecule has 1 aromatic heterocycles. The van der Waals surface area contributed by atoms with Gasteiger partial charge in [-0.2, -0.15) is 0 Å². The zero-order valence-corrected chi connectivity index (χ0v) is 14.5. The number of nitrogens with one attached hydrogen (secondary N) is 1. The average molecular weight is 356 g/mol. The molecule has 0 saturated carbocycles. The van der Waals surface area contributed by atoms with Crippen LogP contribution in [0.3, 0.4) is 0 Å². The van der Waals surface area contributed by atoms with Crippen LogP contribution in [-0.2, 0) is 4.79 Å². The summed E-state index contributed by atoms with van der Waals surface area (Å²) in [5, 5.41) is 4.32. The topological polar surface area (TPSA) is 54.9 Å². The van der Waals surface area contributed by atoms with Gasteiger partial charge in [0.2, 0.25) is 5.91 Å². The number of anilines is 1. The van der Waals surface area contributed by atoms with Gasteiger partial charge in [-0.05, 0) is 37.6 Å². The molecule has 4 nitrogen and oxygen atoms in total. The molecule has 0 aliphatic carbocycles. The van der Waals surface area contributed by atoms with Crippen LogP contribution < -0.4 is 5.32 Å². The van der Waals surface area contributed by atoms with Crippen molar-refractivity contribution < 1.29 is 4.79 Å². The van der Waals surface area contributed by atoms with Crippen molar-refractivity contribution in [2.24, 2.45) is 0 Å². The van der Waals surface area contributed by atoms with Crippen LogP contribution in [0.5, 0.6) is 0 Å². The monoisotopic (exact) mass is 355 g/mol. The number of benzene rings is 1. The minimum absolute atomic E-state index is 0.109. The van der Waals surface area contributed by atoms with E-state index in [2.05, 4.69) is 15.3 Å². The largest absolute Gasteiger partial charge is 0.325 e. The molecule has 7 heteroatoms. The molecular weight excluding hydrogens is 341 g/mol. The predicted molar refractivity (Wildman–Crippen MR) is 91.8 cm³/mol. The third kappa shape index (κ3) is 4.87. The van der Waals surface area contributed by atoms with E-state index in [1.165, 1.54) is 18.1 Å². The maximum Gasteiger partial charge on any atom is 0.237 e. The van der Waals surface area contributed by atoms with Crippen LogP contribution in [0.15, 0.2) is 35.6 Å². The van der Waals surface area contributed by atoms with Gasteiger partial charge in [-0.25, -0.2) is 9.97 Å². The number of aromatic nitrogens is 2. The molecule has 2 rings (SSSR count). The van der Waals surface area contributed by atoms with Crippen molar-refractivity contribution in [2.45, 2.75) is 30.5 Å². The SMILES string of the molecule is CCC(Sc1cc(C)ncn1)C(=O)Nc1cc(Cl)cc(Cl)c1. The molecule has 1 amide bonds. The summed E-state index contributed by atoms with van der Waals surface area (Å²) in [4.78, 5) is 20.6. The Hall–Kier alpha value is -1.30. The Morgan fingerprint density at radius 2 is 1.91 bits per heavy atom. The number of hydrogen-bond donors (Lipinski definition) is 1. The lowest BCUT2D eigenvalue weighted by molar-refractivity contribution is -0.115. The highest BCUT2D eigenvalue weighted by Gasteiger charge is 2.19. The minimum Gasteiger partial charge on any atom is -0.325 e. The molecule has 0 fully saturated rings. The Kier molecular flexibility index (Phi) is 6.06. The van der Waals surface area contributed by atoms with E-state index in [-0.39, 0.29) is 11.2 Å². The number of thioether (sulfide) groups is 1. The quantitative estimate of drug-likeness (QED) is 0.628. The Labute approximate surface area is 143 Å². The van der Waals surface area contributed by atoms with Crippen LogP contribution in [0.2, 0.25) is 10.0 Å². The molecule has 0 radical (unpaired) electrons. The number of halogens is 2. The average Bonchev–Trinajstić information content (AvgIpc) is 2.43. The Morgan fingerprint density at radius 3 is 2.50 bits per heavy atom. The highest BCUT2D eigenvalue weighted by atomic mass is 35.5. The summed E-state index contributed by atoms with van der Waals surface area (Å²) >= 11 is 13.3. The van der Waals surface area contributed by atoms with E-state index in [4.69, 9.17) is 23.2 Å². The van der Waals surface area contributed by atoms with Crippen molar-refractivity contribution in [1.82, 2.24) is 9.97 Å². The zero-order chi connectivity index (χ0) is 16.1. The van der Waals surface area contributed by atoms with Crippen molar-refractivity contribution in [3.63, 3.8) is 0 Å². The second-order valence-electron chi connectivity index (χ2n) is 4.66. The third-order valence-electron chi connectivity index (χ3n) is 2.84. The fraction of sp³-hybridized carbons (Fsp3) is 0.267. The summed E-state index contributed by atoms with van der Waals surface area (Å²) in [6, 6.07) is 6.81. The summed E-state index contributed by atoms with van der Waals surface area (Å²) in [7, 11) is 0. The van der Waals surface area contributed by atoms with Crippen LogP contribution in [0.1, 0.15) is 19.0 Å². The minimum atomic E-state index is -0.257. The van der Waals surface area contributed by atoms with Gasteiger partial charge in [-0.15, -0.1) is 0 Å². The zero-order valence-electron chi connectivity index (χ0n) is 12.1. The van der Waals surface area contributed by atoms with Crippen molar-refractivity contribution in [2.75, 3.05) is 5.32 Å². The number of amides is 1. The van der Waals surface area contributed by atoms with Gasteiger partial charge >= 0.3 is 0 Å². The molecule has 1 N–H and O–H groups in total. The maximum absolute atomic E-state index is 12.4. The van der Waals surface area contributed by atoms with E-state index in [1.807, 2.05) is 19.9 Å². The van der Waals surface area contributed by atoms with Crippen LogP contribution in [-0.4, -0.2) is 21.1 Å². The standard InChI is InChI=1S/C15H15Cl2N3OS/c1-3-13(22-14-4-9(2)18-8-19-14)15(21)20-12-6-10(16)5-11(17)7-12/h4-8,13H,3H2,1-2H3,(H,20,21). The van der Waals surface area contributed by atoms with E-state index in [1.54, 1.807) is 18.2 Å². The van der Waals surface area contributed by atoms with Crippen molar-refractivity contribution in [1.29, 1.82) is 0 Å². The molecule has 116 valence electrons. The fourth-order valence-electron chi connectivity index (χ4n) is 1.81. The van der Waals surface area contributed by atoms with Crippen LogP contribution in [0.4, 0.5) is 5.69 Å². The smallest absolute Gasteiger partial charge is 0.237 e. The lowest BCUT2D eigenvalue weighted by Gasteiger charge is -2.14.